The number of ether oxygens (including phenoxy) is 1. The molecule has 0 aliphatic carbocycles. The molecular weight excluding hydrogens is 238 g/mol. The Morgan fingerprint density at radius 2 is 1.94 bits per heavy atom. The quantitative estimate of drug-likeness (QED) is 0.729. The fourth-order valence-corrected chi connectivity index (χ4v) is 1.70. The van der Waals surface area contributed by atoms with Crippen molar-refractivity contribution >= 4 is 17.7 Å². The Hall–Kier alpha value is -0.260. The molecule has 4 nitrogen and oxygen atoms in total. The first kappa shape index (κ1) is 16.7. The van der Waals surface area contributed by atoms with Crippen molar-refractivity contribution in [3.8, 4) is 0 Å². The molecule has 0 aromatic rings. The van der Waals surface area contributed by atoms with Crippen LogP contribution in [0.2, 0.25) is 0 Å². The van der Waals surface area contributed by atoms with E-state index < -0.39 is 5.60 Å². The van der Waals surface area contributed by atoms with Gasteiger partial charge in [0.15, 0.2) is 0 Å². The molecule has 0 bridgehead atoms. The molecule has 5 heteroatoms. The Kier molecular flexibility index (Phi) is 7.13. The van der Waals surface area contributed by atoms with Gasteiger partial charge in [-0.2, -0.15) is 0 Å². The topological polar surface area (TPSA) is 58.6 Å². The second-order valence-electron chi connectivity index (χ2n) is 5.42. The van der Waals surface area contributed by atoms with E-state index in [4.69, 9.17) is 4.74 Å². The summed E-state index contributed by atoms with van der Waals surface area (Å²) in [5, 5.41) is 12.7. The lowest BCUT2D eigenvalue weighted by atomic mass is 10.0. The van der Waals surface area contributed by atoms with E-state index in [-0.39, 0.29) is 17.2 Å². The van der Waals surface area contributed by atoms with Gasteiger partial charge < -0.3 is 15.2 Å². The second-order valence-corrected chi connectivity index (χ2v) is 7.22. The van der Waals surface area contributed by atoms with Crippen LogP contribution >= 0.6 is 11.8 Å². The van der Waals surface area contributed by atoms with Gasteiger partial charge in [-0.25, -0.2) is 0 Å². The van der Waals surface area contributed by atoms with Crippen LogP contribution in [0.25, 0.3) is 0 Å². The van der Waals surface area contributed by atoms with Gasteiger partial charge in [0.05, 0.1) is 11.4 Å². The van der Waals surface area contributed by atoms with E-state index in [1.165, 1.54) is 0 Å². The summed E-state index contributed by atoms with van der Waals surface area (Å²) in [6, 6.07) is 0. The second kappa shape index (κ2) is 7.24. The smallest absolute Gasteiger partial charge is 0.230 e. The minimum absolute atomic E-state index is 0.0392. The zero-order chi connectivity index (χ0) is 13.5. The Bertz CT molecular complexity index is 236. The van der Waals surface area contributed by atoms with E-state index in [1.54, 1.807) is 25.8 Å². The fraction of sp³-hybridized carbons (Fsp3) is 0.917. The van der Waals surface area contributed by atoms with E-state index in [2.05, 4.69) is 26.1 Å². The molecule has 0 saturated carbocycles. The van der Waals surface area contributed by atoms with Crippen LogP contribution in [0.5, 0.6) is 0 Å². The highest BCUT2D eigenvalue weighted by molar-refractivity contribution is 8.01. The van der Waals surface area contributed by atoms with Crippen LogP contribution in [0.3, 0.4) is 0 Å². The molecule has 0 aliphatic rings. The maximum Gasteiger partial charge on any atom is 0.230 e. The summed E-state index contributed by atoms with van der Waals surface area (Å²) in [6.45, 7) is 8.65. The van der Waals surface area contributed by atoms with Crippen LogP contribution in [0.4, 0.5) is 0 Å². The van der Waals surface area contributed by atoms with Gasteiger partial charge in [-0.15, -0.1) is 11.8 Å². The summed E-state index contributed by atoms with van der Waals surface area (Å²) >= 11 is 1.59. The summed E-state index contributed by atoms with van der Waals surface area (Å²) in [4.78, 5) is 11.5. The Morgan fingerprint density at radius 3 is 2.41 bits per heavy atom. The predicted octanol–water partition coefficient (Wildman–Crippen LogP) is 1.42. The first-order valence-corrected chi connectivity index (χ1v) is 6.77. The van der Waals surface area contributed by atoms with Gasteiger partial charge in [0.25, 0.3) is 0 Å². The summed E-state index contributed by atoms with van der Waals surface area (Å²) in [7, 11) is 1.59. The first-order chi connectivity index (χ1) is 7.66. The maximum absolute atomic E-state index is 11.5. The van der Waals surface area contributed by atoms with E-state index in [9.17, 15) is 9.90 Å². The third kappa shape index (κ3) is 10.6. The molecule has 0 fully saturated rings. The minimum atomic E-state index is -0.905. The van der Waals surface area contributed by atoms with Crippen molar-refractivity contribution in [1.82, 2.24) is 5.32 Å². The van der Waals surface area contributed by atoms with Gasteiger partial charge in [0, 0.05) is 31.4 Å². The molecule has 102 valence electrons. The third-order valence-electron chi connectivity index (χ3n) is 2.15. The van der Waals surface area contributed by atoms with Crippen molar-refractivity contribution in [3.63, 3.8) is 0 Å². The number of methoxy groups -OCH3 is 1. The summed E-state index contributed by atoms with van der Waals surface area (Å²) < 4.78 is 4.98. The molecule has 0 spiro atoms. The lowest BCUT2D eigenvalue weighted by molar-refractivity contribution is -0.119. The van der Waals surface area contributed by atoms with E-state index in [1.807, 2.05) is 0 Å². The molecule has 17 heavy (non-hydrogen) atoms. The largest absolute Gasteiger partial charge is 0.388 e. The standard InChI is InChI=1S/C12H25NO3S/c1-11(2,3)17-8-10(14)13-9-12(4,15)6-7-16-5/h15H,6-9H2,1-5H3,(H,13,14). The molecule has 1 amide bonds. The Labute approximate surface area is 108 Å². The van der Waals surface area contributed by atoms with Crippen molar-refractivity contribution in [3.05, 3.63) is 0 Å². The SMILES string of the molecule is COCCC(C)(O)CNC(=O)CSC(C)(C)C. The van der Waals surface area contributed by atoms with Gasteiger partial charge in [-0.1, -0.05) is 20.8 Å². The molecule has 0 saturated heterocycles. The fourth-order valence-electron chi connectivity index (χ4n) is 1.03. The molecule has 1 unspecified atom stereocenters. The van der Waals surface area contributed by atoms with Gasteiger partial charge in [0.1, 0.15) is 0 Å². The van der Waals surface area contributed by atoms with E-state index in [0.717, 1.165) is 0 Å². The zero-order valence-corrected chi connectivity index (χ0v) is 12.3. The highest BCUT2D eigenvalue weighted by Crippen LogP contribution is 2.22. The van der Waals surface area contributed by atoms with Crippen LogP contribution in [0.15, 0.2) is 0 Å². The third-order valence-corrected chi connectivity index (χ3v) is 3.42. The molecule has 0 radical (unpaired) electrons. The summed E-state index contributed by atoms with van der Waals surface area (Å²) in [5.74, 6) is 0.381. The average molecular weight is 263 g/mol. The summed E-state index contributed by atoms with van der Waals surface area (Å²) in [6.07, 6.45) is 0.510. The number of rotatable bonds is 7. The van der Waals surface area contributed by atoms with Gasteiger partial charge in [-0.05, 0) is 6.92 Å². The van der Waals surface area contributed by atoms with Crippen LogP contribution < -0.4 is 5.32 Å². The normalized spacial score (nSPS) is 15.4. The monoisotopic (exact) mass is 263 g/mol. The molecular formula is C12H25NO3S. The Morgan fingerprint density at radius 1 is 1.35 bits per heavy atom. The van der Waals surface area contributed by atoms with Crippen molar-refractivity contribution in [1.29, 1.82) is 0 Å². The van der Waals surface area contributed by atoms with E-state index in [0.29, 0.717) is 18.8 Å². The highest BCUT2D eigenvalue weighted by atomic mass is 32.2. The molecule has 1 atom stereocenters. The van der Waals surface area contributed by atoms with Gasteiger partial charge in [-0.3, -0.25) is 4.79 Å². The molecule has 2 N–H and O–H groups in total. The van der Waals surface area contributed by atoms with Gasteiger partial charge in [0.2, 0.25) is 5.91 Å². The molecule has 0 aliphatic heterocycles. The predicted molar refractivity (Wildman–Crippen MR) is 72.3 cm³/mol. The summed E-state index contributed by atoms with van der Waals surface area (Å²) in [5.41, 5.74) is -0.905. The Balaban J connectivity index is 3.83. The van der Waals surface area contributed by atoms with Crippen LogP contribution in [0.1, 0.15) is 34.1 Å². The molecule has 0 heterocycles. The number of aliphatic hydroxyl groups is 1. The minimum Gasteiger partial charge on any atom is -0.388 e. The first-order valence-electron chi connectivity index (χ1n) is 5.78. The number of thioether (sulfide) groups is 1. The van der Waals surface area contributed by atoms with Crippen molar-refractivity contribution < 1.29 is 14.6 Å². The van der Waals surface area contributed by atoms with Crippen molar-refractivity contribution in [2.24, 2.45) is 0 Å². The van der Waals surface area contributed by atoms with Crippen LogP contribution in [-0.4, -0.2) is 47.4 Å². The number of carbonyl (C=O) groups excluding carboxylic acids is 1. The number of carbonyl (C=O) groups is 1. The number of amides is 1. The number of nitrogens with one attached hydrogen (secondary N) is 1. The lowest BCUT2D eigenvalue weighted by Gasteiger charge is -2.23. The maximum atomic E-state index is 11.5. The van der Waals surface area contributed by atoms with Crippen LogP contribution in [-0.2, 0) is 9.53 Å². The van der Waals surface area contributed by atoms with Crippen LogP contribution in [0, 0.1) is 0 Å². The molecule has 0 rings (SSSR count). The zero-order valence-electron chi connectivity index (χ0n) is 11.5. The number of hydrogen-bond donors (Lipinski definition) is 2. The van der Waals surface area contributed by atoms with E-state index >= 15 is 0 Å². The number of hydrogen-bond acceptors (Lipinski definition) is 4. The molecule has 0 aromatic carbocycles. The molecule has 0 aromatic heterocycles. The average Bonchev–Trinajstić information content (AvgIpc) is 2.20. The van der Waals surface area contributed by atoms with Crippen molar-refractivity contribution in [2.45, 2.75) is 44.5 Å². The highest BCUT2D eigenvalue weighted by Gasteiger charge is 2.21. The van der Waals surface area contributed by atoms with Gasteiger partial charge >= 0.3 is 0 Å². The lowest BCUT2D eigenvalue weighted by Crippen LogP contribution is -2.42. The van der Waals surface area contributed by atoms with Crippen molar-refractivity contribution in [2.75, 3.05) is 26.0 Å².